The predicted molar refractivity (Wildman–Crippen MR) is 151 cm³/mol. The average Bonchev–Trinajstić information content (AvgIpc) is 2.90. The van der Waals surface area contributed by atoms with Gasteiger partial charge < -0.3 is 10.6 Å². The third kappa shape index (κ3) is 6.54. The van der Waals surface area contributed by atoms with Crippen molar-refractivity contribution in [1.29, 1.82) is 0 Å². The summed E-state index contributed by atoms with van der Waals surface area (Å²) in [5.41, 5.74) is 3.42. The number of benzene rings is 4. The Morgan fingerprint density at radius 2 is 1.27 bits per heavy atom. The monoisotopic (exact) mass is 508 g/mol. The van der Waals surface area contributed by atoms with Gasteiger partial charge in [-0.1, -0.05) is 67.9 Å². The third-order valence-electron chi connectivity index (χ3n) is 5.61. The zero-order chi connectivity index (χ0) is 26.4. The van der Waals surface area contributed by atoms with Crippen molar-refractivity contribution in [3.8, 4) is 0 Å². The van der Waals surface area contributed by atoms with Gasteiger partial charge in [0.05, 0.1) is 16.9 Å². The van der Waals surface area contributed by atoms with Crippen LogP contribution in [0, 0.1) is 6.92 Å². The van der Waals surface area contributed by atoms with Crippen molar-refractivity contribution in [1.82, 2.24) is 0 Å². The highest BCUT2D eigenvalue weighted by atomic mass is 32.2. The minimum atomic E-state index is -0.425. The molecule has 4 aromatic carbocycles. The van der Waals surface area contributed by atoms with E-state index in [1.165, 1.54) is 0 Å². The summed E-state index contributed by atoms with van der Waals surface area (Å²) in [5, 5.41) is 6.17. The molecule has 4 aromatic rings. The second-order valence-electron chi connectivity index (χ2n) is 8.89. The summed E-state index contributed by atoms with van der Waals surface area (Å²) < 4.78 is 0. The highest BCUT2D eigenvalue weighted by Crippen LogP contribution is 2.25. The molecule has 0 aromatic heterocycles. The normalized spacial score (nSPS) is 10.7. The molecular formula is C31H28N2O3S. The summed E-state index contributed by atoms with van der Waals surface area (Å²) in [6.45, 7) is 6.13. The molecule has 0 bridgehead atoms. The zero-order valence-corrected chi connectivity index (χ0v) is 21.8. The van der Waals surface area contributed by atoms with Gasteiger partial charge in [0.15, 0.2) is 5.78 Å². The molecule has 0 radical (unpaired) electrons. The lowest BCUT2D eigenvalue weighted by atomic mass is 9.99. The first-order valence-corrected chi connectivity index (χ1v) is 12.9. The smallest absolute Gasteiger partial charge is 0.257 e. The minimum absolute atomic E-state index is 0.180. The van der Waals surface area contributed by atoms with E-state index in [0.717, 1.165) is 10.5 Å². The van der Waals surface area contributed by atoms with Gasteiger partial charge in [0, 0.05) is 26.8 Å². The van der Waals surface area contributed by atoms with Crippen molar-refractivity contribution in [3.05, 3.63) is 125 Å². The molecule has 0 unspecified atom stereocenters. The van der Waals surface area contributed by atoms with Gasteiger partial charge in [-0.05, 0) is 55.5 Å². The van der Waals surface area contributed by atoms with Crippen LogP contribution in [0.4, 0.5) is 11.4 Å². The van der Waals surface area contributed by atoms with Crippen molar-refractivity contribution in [2.45, 2.75) is 30.9 Å². The van der Waals surface area contributed by atoms with Crippen molar-refractivity contribution in [2.24, 2.45) is 0 Å². The number of amides is 2. The Morgan fingerprint density at radius 3 is 1.97 bits per heavy atom. The summed E-state index contributed by atoms with van der Waals surface area (Å²) in [5.74, 6) is -0.914. The number of carbonyl (C=O) groups is 3. The lowest BCUT2D eigenvalue weighted by molar-refractivity contribution is 0.102. The zero-order valence-electron chi connectivity index (χ0n) is 20.9. The molecule has 186 valence electrons. The van der Waals surface area contributed by atoms with Crippen LogP contribution < -0.4 is 10.6 Å². The van der Waals surface area contributed by atoms with Gasteiger partial charge >= 0.3 is 0 Å². The number of anilines is 2. The first-order chi connectivity index (χ1) is 17.8. The molecule has 0 heterocycles. The summed E-state index contributed by atoms with van der Waals surface area (Å²) >= 11 is 1.72. The van der Waals surface area contributed by atoms with Crippen LogP contribution in [0.1, 0.15) is 56.0 Å². The maximum atomic E-state index is 13.3. The standard InChI is InChI=1S/C31H28N2O3S/c1-20(2)37-24-16-14-23(15-17-24)30(35)32-27-12-8-7-11-25(27)31(36)33-28-18-13-21(3)19-26(28)29(34)22-9-5-4-6-10-22/h4-20H,1-3H3,(H,32,35)(H,33,36). The fourth-order valence-electron chi connectivity index (χ4n) is 3.83. The van der Waals surface area contributed by atoms with Gasteiger partial charge in [-0.25, -0.2) is 0 Å². The van der Waals surface area contributed by atoms with Crippen molar-refractivity contribution in [3.63, 3.8) is 0 Å². The van der Waals surface area contributed by atoms with E-state index in [1.807, 2.05) is 31.2 Å². The molecule has 0 aliphatic heterocycles. The van der Waals surface area contributed by atoms with Crippen LogP contribution in [0.3, 0.4) is 0 Å². The fraction of sp³-hybridized carbons (Fsp3) is 0.129. The molecule has 6 heteroatoms. The van der Waals surface area contributed by atoms with Crippen molar-refractivity contribution >= 4 is 40.7 Å². The quantitative estimate of drug-likeness (QED) is 0.194. The molecule has 0 saturated carbocycles. The van der Waals surface area contributed by atoms with E-state index in [-0.39, 0.29) is 11.7 Å². The van der Waals surface area contributed by atoms with E-state index in [0.29, 0.717) is 38.9 Å². The number of hydrogen-bond donors (Lipinski definition) is 2. The predicted octanol–water partition coefficient (Wildman–Crippen LogP) is 7.23. The summed E-state index contributed by atoms with van der Waals surface area (Å²) in [4.78, 5) is 40.5. The maximum absolute atomic E-state index is 13.3. The van der Waals surface area contributed by atoms with E-state index in [9.17, 15) is 14.4 Å². The number of rotatable bonds is 8. The largest absolute Gasteiger partial charge is 0.321 e. The molecule has 0 spiro atoms. The number of thioether (sulfide) groups is 1. The van der Waals surface area contributed by atoms with Gasteiger partial charge in [0.1, 0.15) is 0 Å². The molecule has 0 aliphatic carbocycles. The lowest BCUT2D eigenvalue weighted by Gasteiger charge is -2.14. The SMILES string of the molecule is Cc1ccc(NC(=O)c2ccccc2NC(=O)c2ccc(SC(C)C)cc2)c(C(=O)c2ccccc2)c1. The van der Waals surface area contributed by atoms with Crippen molar-refractivity contribution in [2.75, 3.05) is 10.6 Å². The first kappa shape index (κ1) is 25.9. The van der Waals surface area contributed by atoms with Crippen LogP contribution in [0.2, 0.25) is 0 Å². The number of para-hydroxylation sites is 1. The van der Waals surface area contributed by atoms with Crippen LogP contribution in [0.5, 0.6) is 0 Å². The van der Waals surface area contributed by atoms with Gasteiger partial charge in [-0.2, -0.15) is 0 Å². The molecule has 37 heavy (non-hydrogen) atoms. The molecule has 5 nitrogen and oxygen atoms in total. The van der Waals surface area contributed by atoms with Gasteiger partial charge in [-0.3, -0.25) is 14.4 Å². The lowest BCUT2D eigenvalue weighted by Crippen LogP contribution is -2.19. The second kappa shape index (κ2) is 11.7. The Labute approximate surface area is 221 Å². The number of nitrogens with one attached hydrogen (secondary N) is 2. The van der Waals surface area contributed by atoms with Crippen LogP contribution in [0.15, 0.2) is 102 Å². The summed E-state index contributed by atoms with van der Waals surface area (Å²) in [6.07, 6.45) is 0. The molecule has 2 N–H and O–H groups in total. The van der Waals surface area contributed by atoms with Crippen LogP contribution in [-0.2, 0) is 0 Å². The number of hydrogen-bond acceptors (Lipinski definition) is 4. The molecule has 0 atom stereocenters. The Morgan fingerprint density at radius 1 is 0.649 bits per heavy atom. The van der Waals surface area contributed by atoms with E-state index in [4.69, 9.17) is 0 Å². The Balaban J connectivity index is 1.55. The number of carbonyl (C=O) groups excluding carboxylic acids is 3. The van der Waals surface area contributed by atoms with Gasteiger partial charge in [-0.15, -0.1) is 11.8 Å². The van der Waals surface area contributed by atoms with Crippen LogP contribution in [0.25, 0.3) is 0 Å². The first-order valence-electron chi connectivity index (χ1n) is 12.0. The summed E-state index contributed by atoms with van der Waals surface area (Å²) in [7, 11) is 0. The molecule has 0 aliphatic rings. The molecular weight excluding hydrogens is 480 g/mol. The highest BCUT2D eigenvalue weighted by Gasteiger charge is 2.19. The topological polar surface area (TPSA) is 75.3 Å². The Kier molecular flexibility index (Phi) is 8.21. The summed E-state index contributed by atoms with van der Waals surface area (Å²) in [6, 6.07) is 28.5. The maximum Gasteiger partial charge on any atom is 0.257 e. The van der Waals surface area contributed by atoms with E-state index >= 15 is 0 Å². The van der Waals surface area contributed by atoms with Gasteiger partial charge in [0.25, 0.3) is 11.8 Å². The van der Waals surface area contributed by atoms with Crippen LogP contribution >= 0.6 is 11.8 Å². The number of ketones is 1. The third-order valence-corrected chi connectivity index (χ3v) is 6.63. The van der Waals surface area contributed by atoms with E-state index in [2.05, 4.69) is 24.5 Å². The minimum Gasteiger partial charge on any atom is -0.321 e. The molecule has 0 fully saturated rings. The molecule has 0 saturated heterocycles. The fourth-order valence-corrected chi connectivity index (χ4v) is 4.67. The van der Waals surface area contributed by atoms with E-state index < -0.39 is 5.91 Å². The van der Waals surface area contributed by atoms with Crippen LogP contribution in [-0.4, -0.2) is 22.8 Å². The highest BCUT2D eigenvalue weighted by molar-refractivity contribution is 7.99. The molecule has 4 rings (SSSR count). The Hall–Kier alpha value is -4.16. The van der Waals surface area contributed by atoms with E-state index in [1.54, 1.807) is 84.6 Å². The Bertz CT molecular complexity index is 1430. The van der Waals surface area contributed by atoms with Crippen molar-refractivity contribution < 1.29 is 14.4 Å². The van der Waals surface area contributed by atoms with Gasteiger partial charge in [0.2, 0.25) is 0 Å². The molecule has 2 amide bonds. The number of aryl methyl sites for hydroxylation is 1. The second-order valence-corrected chi connectivity index (χ2v) is 10.5. The average molecular weight is 509 g/mol.